The third kappa shape index (κ3) is 4.41. The van der Waals surface area contributed by atoms with Crippen LogP contribution in [0.2, 0.25) is 0 Å². The van der Waals surface area contributed by atoms with E-state index in [-0.39, 0.29) is 24.1 Å². The van der Waals surface area contributed by atoms with Gasteiger partial charge in [0.05, 0.1) is 5.54 Å². The van der Waals surface area contributed by atoms with Crippen LogP contribution >= 0.6 is 12.4 Å². The molecular weight excluding hydrogens is 300 g/mol. The van der Waals surface area contributed by atoms with Gasteiger partial charge < -0.3 is 11.1 Å². The maximum Gasteiger partial charge on any atom is 0.243 e. The molecule has 22 heavy (non-hydrogen) atoms. The van der Waals surface area contributed by atoms with Gasteiger partial charge >= 0.3 is 0 Å². The summed E-state index contributed by atoms with van der Waals surface area (Å²) in [6.45, 7) is 3.25. The number of anilines is 1. The summed E-state index contributed by atoms with van der Waals surface area (Å²) in [4.78, 5) is 24.2. The van der Waals surface area contributed by atoms with E-state index < -0.39 is 5.54 Å². The molecule has 3 N–H and O–H groups in total. The van der Waals surface area contributed by atoms with Gasteiger partial charge in [-0.3, -0.25) is 9.59 Å². The number of hydrogen-bond acceptors (Lipinski definition) is 3. The standard InChI is InChI=1S/C17H18N2O2.ClH/c1-17(2,18)16(21)19-14-10-6-9-13(11-14)15(20)12-7-4-3-5-8-12;/h3-11H,18H2,1-2H3,(H,19,21);1H. The van der Waals surface area contributed by atoms with Crippen molar-refractivity contribution in [3.8, 4) is 0 Å². The number of carbonyl (C=O) groups is 2. The highest BCUT2D eigenvalue weighted by Gasteiger charge is 2.22. The van der Waals surface area contributed by atoms with Crippen molar-refractivity contribution in [2.45, 2.75) is 19.4 Å². The molecule has 0 aliphatic carbocycles. The Balaban J connectivity index is 0.00000242. The van der Waals surface area contributed by atoms with Crippen LogP contribution in [0.25, 0.3) is 0 Å². The fourth-order valence-electron chi connectivity index (χ4n) is 1.79. The van der Waals surface area contributed by atoms with Gasteiger partial charge in [-0.15, -0.1) is 12.4 Å². The molecule has 5 heteroatoms. The Morgan fingerprint density at radius 1 is 0.955 bits per heavy atom. The minimum absolute atomic E-state index is 0. The highest BCUT2D eigenvalue weighted by atomic mass is 35.5. The Hall–Kier alpha value is -2.17. The topological polar surface area (TPSA) is 72.2 Å². The van der Waals surface area contributed by atoms with Crippen molar-refractivity contribution in [2.75, 3.05) is 5.32 Å². The fraction of sp³-hybridized carbons (Fsp3) is 0.176. The maximum absolute atomic E-state index is 12.3. The van der Waals surface area contributed by atoms with Gasteiger partial charge in [-0.1, -0.05) is 42.5 Å². The normalized spacial score (nSPS) is 10.5. The first-order chi connectivity index (χ1) is 9.88. The molecule has 0 aliphatic rings. The van der Waals surface area contributed by atoms with Gasteiger partial charge in [0.1, 0.15) is 0 Å². The second-order valence-corrected chi connectivity index (χ2v) is 5.45. The average molecular weight is 319 g/mol. The Labute approximate surface area is 136 Å². The van der Waals surface area contributed by atoms with Crippen LogP contribution in [0.4, 0.5) is 5.69 Å². The van der Waals surface area contributed by atoms with E-state index in [1.165, 1.54) is 0 Å². The molecule has 0 atom stereocenters. The molecule has 0 aromatic heterocycles. The largest absolute Gasteiger partial charge is 0.324 e. The summed E-state index contributed by atoms with van der Waals surface area (Å²) in [6, 6.07) is 15.8. The third-order valence-electron chi connectivity index (χ3n) is 3.00. The van der Waals surface area contributed by atoms with Crippen molar-refractivity contribution < 1.29 is 9.59 Å². The van der Waals surface area contributed by atoms with Gasteiger partial charge in [0.15, 0.2) is 5.78 Å². The van der Waals surface area contributed by atoms with Crippen LogP contribution in [0.5, 0.6) is 0 Å². The number of halogens is 1. The summed E-state index contributed by atoms with van der Waals surface area (Å²) in [5, 5.41) is 2.71. The summed E-state index contributed by atoms with van der Waals surface area (Å²) in [5.41, 5.74) is 6.45. The average Bonchev–Trinajstić information content (AvgIpc) is 2.46. The fourth-order valence-corrected chi connectivity index (χ4v) is 1.79. The molecule has 0 heterocycles. The van der Waals surface area contributed by atoms with E-state index in [0.29, 0.717) is 16.8 Å². The lowest BCUT2D eigenvalue weighted by atomic mass is 10.0. The highest BCUT2D eigenvalue weighted by molar-refractivity contribution is 6.09. The molecule has 0 saturated heterocycles. The van der Waals surface area contributed by atoms with Crippen LogP contribution in [-0.4, -0.2) is 17.2 Å². The van der Waals surface area contributed by atoms with Gasteiger partial charge in [0, 0.05) is 16.8 Å². The number of nitrogens with one attached hydrogen (secondary N) is 1. The Kier molecular flexibility index (Phi) is 5.85. The molecule has 0 saturated carbocycles. The highest BCUT2D eigenvalue weighted by Crippen LogP contribution is 2.16. The lowest BCUT2D eigenvalue weighted by Crippen LogP contribution is -2.45. The summed E-state index contributed by atoms with van der Waals surface area (Å²) < 4.78 is 0. The van der Waals surface area contributed by atoms with Crippen molar-refractivity contribution >= 4 is 29.8 Å². The number of benzene rings is 2. The molecule has 0 aliphatic heterocycles. The quantitative estimate of drug-likeness (QED) is 0.851. The number of hydrogen-bond donors (Lipinski definition) is 2. The van der Waals surface area contributed by atoms with Crippen molar-refractivity contribution in [3.63, 3.8) is 0 Å². The van der Waals surface area contributed by atoms with Crippen LogP contribution in [-0.2, 0) is 4.79 Å². The van der Waals surface area contributed by atoms with E-state index in [0.717, 1.165) is 0 Å². The molecule has 2 rings (SSSR count). The van der Waals surface area contributed by atoms with Crippen LogP contribution in [0.1, 0.15) is 29.8 Å². The number of nitrogens with two attached hydrogens (primary N) is 1. The molecule has 0 fully saturated rings. The molecule has 2 aromatic carbocycles. The van der Waals surface area contributed by atoms with E-state index in [2.05, 4.69) is 5.32 Å². The molecule has 0 unspecified atom stereocenters. The van der Waals surface area contributed by atoms with Gasteiger partial charge in [-0.2, -0.15) is 0 Å². The lowest BCUT2D eigenvalue weighted by Gasteiger charge is -2.18. The Morgan fingerprint density at radius 3 is 2.14 bits per heavy atom. The monoisotopic (exact) mass is 318 g/mol. The van der Waals surface area contributed by atoms with Gasteiger partial charge in [0.2, 0.25) is 5.91 Å². The van der Waals surface area contributed by atoms with Crippen molar-refractivity contribution in [1.82, 2.24) is 0 Å². The molecule has 0 spiro atoms. The smallest absolute Gasteiger partial charge is 0.243 e. The first-order valence-corrected chi connectivity index (χ1v) is 6.68. The molecule has 2 aromatic rings. The maximum atomic E-state index is 12.3. The van der Waals surface area contributed by atoms with Gasteiger partial charge in [-0.05, 0) is 26.0 Å². The van der Waals surface area contributed by atoms with Crippen molar-refractivity contribution in [1.29, 1.82) is 0 Å². The van der Waals surface area contributed by atoms with Crippen LogP contribution in [0.3, 0.4) is 0 Å². The first-order valence-electron chi connectivity index (χ1n) is 6.68. The molecule has 4 nitrogen and oxygen atoms in total. The number of carbonyl (C=O) groups excluding carboxylic acids is 2. The molecule has 116 valence electrons. The molecule has 0 bridgehead atoms. The predicted molar refractivity (Wildman–Crippen MR) is 90.5 cm³/mol. The SMILES string of the molecule is CC(C)(N)C(=O)Nc1cccc(C(=O)c2ccccc2)c1.Cl. The van der Waals surface area contributed by atoms with Crippen molar-refractivity contribution in [3.05, 3.63) is 65.7 Å². The van der Waals surface area contributed by atoms with Crippen LogP contribution in [0.15, 0.2) is 54.6 Å². The number of rotatable bonds is 4. The molecular formula is C17H19ClN2O2. The number of ketones is 1. The second-order valence-electron chi connectivity index (χ2n) is 5.45. The zero-order valence-corrected chi connectivity index (χ0v) is 13.3. The zero-order chi connectivity index (χ0) is 15.5. The number of amides is 1. The summed E-state index contributed by atoms with van der Waals surface area (Å²) in [6.07, 6.45) is 0. The van der Waals surface area contributed by atoms with E-state index in [1.807, 2.05) is 18.2 Å². The van der Waals surface area contributed by atoms with E-state index in [9.17, 15) is 9.59 Å². The van der Waals surface area contributed by atoms with E-state index >= 15 is 0 Å². The van der Waals surface area contributed by atoms with Crippen molar-refractivity contribution in [2.24, 2.45) is 5.73 Å². The molecule has 0 radical (unpaired) electrons. The summed E-state index contributed by atoms with van der Waals surface area (Å²) in [5.74, 6) is -0.384. The Morgan fingerprint density at radius 2 is 1.55 bits per heavy atom. The second kappa shape index (κ2) is 7.20. The van der Waals surface area contributed by atoms with Crippen LogP contribution in [0, 0.1) is 0 Å². The van der Waals surface area contributed by atoms with Gasteiger partial charge in [-0.25, -0.2) is 0 Å². The first kappa shape index (κ1) is 17.9. The minimum atomic E-state index is -0.973. The predicted octanol–water partition coefficient (Wildman–Crippen LogP) is 3.02. The zero-order valence-electron chi connectivity index (χ0n) is 12.5. The molecule has 1 amide bonds. The van der Waals surface area contributed by atoms with E-state index in [1.54, 1.807) is 50.2 Å². The lowest BCUT2D eigenvalue weighted by molar-refractivity contribution is -0.120. The van der Waals surface area contributed by atoms with Crippen LogP contribution < -0.4 is 11.1 Å². The Bertz CT molecular complexity index is 664. The van der Waals surface area contributed by atoms with Gasteiger partial charge in [0.25, 0.3) is 0 Å². The summed E-state index contributed by atoms with van der Waals surface area (Å²) >= 11 is 0. The third-order valence-corrected chi connectivity index (χ3v) is 3.00. The minimum Gasteiger partial charge on any atom is -0.324 e. The summed E-state index contributed by atoms with van der Waals surface area (Å²) in [7, 11) is 0. The van der Waals surface area contributed by atoms with E-state index in [4.69, 9.17) is 5.73 Å².